The SMILES string of the molecule is N.O=C(c1ccc(Br)cc1)C1CCN(C(=O)C(F)(F)F)C1. The lowest BCUT2D eigenvalue weighted by Gasteiger charge is -2.17. The van der Waals surface area contributed by atoms with Gasteiger partial charge in [0, 0.05) is 29.0 Å². The second-order valence-electron chi connectivity index (χ2n) is 4.61. The van der Waals surface area contributed by atoms with Crippen molar-refractivity contribution >= 4 is 27.6 Å². The van der Waals surface area contributed by atoms with Crippen LogP contribution in [0.2, 0.25) is 0 Å². The van der Waals surface area contributed by atoms with Crippen LogP contribution in [0.5, 0.6) is 0 Å². The molecule has 0 saturated carbocycles. The number of hydrogen-bond acceptors (Lipinski definition) is 3. The molecule has 0 bridgehead atoms. The summed E-state index contributed by atoms with van der Waals surface area (Å²) in [6.45, 7) is -0.210. The molecule has 1 fully saturated rings. The van der Waals surface area contributed by atoms with Crippen molar-refractivity contribution in [1.82, 2.24) is 11.1 Å². The van der Waals surface area contributed by atoms with Crippen LogP contribution in [0.25, 0.3) is 0 Å². The van der Waals surface area contributed by atoms with Crippen LogP contribution in [0.4, 0.5) is 13.2 Å². The molecule has 0 aromatic heterocycles. The minimum Gasteiger partial charge on any atom is -0.344 e. The predicted molar refractivity (Wildman–Crippen MR) is 74.2 cm³/mol. The van der Waals surface area contributed by atoms with Crippen LogP contribution in [0, 0.1) is 5.92 Å². The summed E-state index contributed by atoms with van der Waals surface area (Å²) in [5.41, 5.74) is 0.444. The first-order valence-electron chi connectivity index (χ1n) is 5.95. The van der Waals surface area contributed by atoms with Crippen molar-refractivity contribution in [2.24, 2.45) is 5.92 Å². The molecule has 1 heterocycles. The van der Waals surface area contributed by atoms with Gasteiger partial charge in [0.15, 0.2) is 5.78 Å². The van der Waals surface area contributed by atoms with Crippen molar-refractivity contribution in [2.45, 2.75) is 12.6 Å². The van der Waals surface area contributed by atoms with Gasteiger partial charge in [-0.1, -0.05) is 28.1 Å². The van der Waals surface area contributed by atoms with E-state index in [0.717, 1.165) is 4.47 Å². The third kappa shape index (κ3) is 4.04. The number of alkyl halides is 3. The van der Waals surface area contributed by atoms with Gasteiger partial charge in [0.05, 0.1) is 0 Å². The first kappa shape index (κ1) is 17.6. The van der Waals surface area contributed by atoms with Crippen LogP contribution in [-0.4, -0.2) is 35.9 Å². The Bertz CT molecular complexity index is 531. The molecule has 0 aliphatic carbocycles. The number of hydrogen-bond donors (Lipinski definition) is 1. The summed E-state index contributed by atoms with van der Waals surface area (Å²) in [6.07, 6.45) is -4.62. The van der Waals surface area contributed by atoms with E-state index in [1.54, 1.807) is 24.3 Å². The van der Waals surface area contributed by atoms with E-state index in [2.05, 4.69) is 15.9 Å². The number of likely N-dealkylation sites (tertiary alicyclic amines) is 1. The van der Waals surface area contributed by atoms with Crippen molar-refractivity contribution in [3.63, 3.8) is 0 Å². The minimum atomic E-state index is -4.88. The Morgan fingerprint density at radius 3 is 2.29 bits per heavy atom. The number of nitrogens with zero attached hydrogens (tertiary/aromatic N) is 1. The summed E-state index contributed by atoms with van der Waals surface area (Å²) >= 11 is 3.24. The van der Waals surface area contributed by atoms with Gasteiger partial charge in [0.1, 0.15) is 0 Å². The van der Waals surface area contributed by atoms with Gasteiger partial charge in [-0.05, 0) is 18.6 Å². The lowest BCUT2D eigenvalue weighted by molar-refractivity contribution is -0.184. The molecule has 1 saturated heterocycles. The smallest absolute Gasteiger partial charge is 0.344 e. The largest absolute Gasteiger partial charge is 0.471 e. The average molecular weight is 367 g/mol. The first-order chi connectivity index (χ1) is 9.29. The van der Waals surface area contributed by atoms with E-state index in [4.69, 9.17) is 0 Å². The minimum absolute atomic E-state index is 0. The third-order valence-electron chi connectivity index (χ3n) is 3.22. The van der Waals surface area contributed by atoms with Gasteiger partial charge in [-0.15, -0.1) is 0 Å². The van der Waals surface area contributed by atoms with Gasteiger partial charge in [-0.2, -0.15) is 13.2 Å². The Morgan fingerprint density at radius 1 is 1.19 bits per heavy atom. The summed E-state index contributed by atoms with van der Waals surface area (Å²) in [5.74, 6) is -2.67. The highest BCUT2D eigenvalue weighted by atomic mass is 79.9. The zero-order chi connectivity index (χ0) is 14.9. The van der Waals surface area contributed by atoms with Crippen LogP contribution in [-0.2, 0) is 4.79 Å². The second kappa shape index (κ2) is 6.57. The van der Waals surface area contributed by atoms with E-state index in [1.807, 2.05) is 0 Å². The lowest BCUT2D eigenvalue weighted by Crippen LogP contribution is -2.40. The molecule has 21 heavy (non-hydrogen) atoms. The summed E-state index contributed by atoms with van der Waals surface area (Å²) in [5, 5.41) is 0. The number of ketones is 1. The fourth-order valence-corrected chi connectivity index (χ4v) is 2.45. The lowest BCUT2D eigenvalue weighted by atomic mass is 9.97. The third-order valence-corrected chi connectivity index (χ3v) is 3.75. The van der Waals surface area contributed by atoms with E-state index >= 15 is 0 Å². The molecule has 8 heteroatoms. The van der Waals surface area contributed by atoms with Crippen molar-refractivity contribution in [3.05, 3.63) is 34.3 Å². The Balaban J connectivity index is 0.00000220. The summed E-state index contributed by atoms with van der Waals surface area (Å²) < 4.78 is 37.8. The van der Waals surface area contributed by atoms with Crippen LogP contribution in [0.1, 0.15) is 16.8 Å². The van der Waals surface area contributed by atoms with E-state index in [-0.39, 0.29) is 31.4 Å². The van der Waals surface area contributed by atoms with Gasteiger partial charge < -0.3 is 11.1 Å². The van der Waals surface area contributed by atoms with Crippen molar-refractivity contribution in [3.8, 4) is 0 Å². The van der Waals surface area contributed by atoms with Gasteiger partial charge in [-0.25, -0.2) is 0 Å². The van der Waals surface area contributed by atoms with Crippen molar-refractivity contribution < 1.29 is 22.8 Å². The van der Waals surface area contributed by atoms with Crippen LogP contribution < -0.4 is 6.15 Å². The molecule has 1 aromatic carbocycles. The van der Waals surface area contributed by atoms with E-state index in [1.165, 1.54) is 0 Å². The molecule has 116 valence electrons. The van der Waals surface area contributed by atoms with E-state index in [9.17, 15) is 22.8 Å². The second-order valence-corrected chi connectivity index (χ2v) is 5.52. The number of Topliss-reactive ketones (excluding diaryl/α,β-unsaturated/α-hetero) is 1. The molecule has 0 spiro atoms. The maximum atomic E-state index is 12.3. The number of carbonyl (C=O) groups is 2. The first-order valence-corrected chi connectivity index (χ1v) is 6.74. The summed E-state index contributed by atoms with van der Waals surface area (Å²) in [7, 11) is 0. The Kier molecular flexibility index (Phi) is 5.52. The van der Waals surface area contributed by atoms with Crippen LogP contribution >= 0.6 is 15.9 Å². The average Bonchev–Trinajstić information content (AvgIpc) is 2.86. The van der Waals surface area contributed by atoms with Gasteiger partial charge in [0.25, 0.3) is 0 Å². The van der Waals surface area contributed by atoms with Crippen molar-refractivity contribution in [2.75, 3.05) is 13.1 Å². The highest BCUT2D eigenvalue weighted by Gasteiger charge is 2.45. The summed E-state index contributed by atoms with van der Waals surface area (Å²) in [6, 6.07) is 6.61. The van der Waals surface area contributed by atoms with Crippen LogP contribution in [0.15, 0.2) is 28.7 Å². The monoisotopic (exact) mass is 366 g/mol. The Hall–Kier alpha value is -1.41. The Morgan fingerprint density at radius 2 is 1.76 bits per heavy atom. The summed E-state index contributed by atoms with van der Waals surface area (Å²) in [4.78, 5) is 23.9. The molecular formula is C13H14BrF3N2O2. The quantitative estimate of drug-likeness (QED) is 0.816. The van der Waals surface area contributed by atoms with Crippen molar-refractivity contribution in [1.29, 1.82) is 0 Å². The Labute approximate surface area is 128 Å². The maximum Gasteiger partial charge on any atom is 0.471 e. The molecule has 1 aromatic rings. The molecule has 2 rings (SSSR count). The normalized spacial score (nSPS) is 18.3. The fourth-order valence-electron chi connectivity index (χ4n) is 2.19. The van der Waals surface area contributed by atoms with Crippen LogP contribution in [0.3, 0.4) is 0 Å². The number of halogens is 4. The van der Waals surface area contributed by atoms with E-state index in [0.29, 0.717) is 10.5 Å². The standard InChI is InChI=1S/C13H11BrF3NO2.H3N/c14-10-3-1-8(2-4-10)11(19)9-5-6-18(7-9)12(20)13(15,16)17;/h1-4,9H,5-7H2;1H3. The molecule has 0 radical (unpaired) electrons. The molecule has 1 aliphatic rings. The molecular weight excluding hydrogens is 353 g/mol. The molecule has 1 amide bonds. The van der Waals surface area contributed by atoms with Gasteiger partial charge in [0.2, 0.25) is 0 Å². The molecule has 1 atom stereocenters. The molecule has 3 N–H and O–H groups in total. The predicted octanol–water partition coefficient (Wildman–Crippen LogP) is 3.20. The van der Waals surface area contributed by atoms with Gasteiger partial charge in [-0.3, -0.25) is 9.59 Å². The van der Waals surface area contributed by atoms with Gasteiger partial charge >= 0.3 is 12.1 Å². The number of amides is 1. The molecule has 1 aliphatic heterocycles. The zero-order valence-corrected chi connectivity index (χ0v) is 12.6. The molecule has 1 unspecified atom stereocenters. The fraction of sp³-hybridized carbons (Fsp3) is 0.385. The number of rotatable bonds is 2. The zero-order valence-electron chi connectivity index (χ0n) is 11.0. The van der Waals surface area contributed by atoms with E-state index < -0.39 is 18.0 Å². The molecule has 4 nitrogen and oxygen atoms in total. The highest BCUT2D eigenvalue weighted by molar-refractivity contribution is 9.10. The number of carbonyl (C=O) groups excluding carboxylic acids is 2. The topological polar surface area (TPSA) is 72.4 Å². The maximum absolute atomic E-state index is 12.3. The number of benzene rings is 1. The highest BCUT2D eigenvalue weighted by Crippen LogP contribution is 2.26.